The van der Waals surface area contributed by atoms with E-state index in [1.54, 1.807) is 18.2 Å². The van der Waals surface area contributed by atoms with Crippen LogP contribution in [-0.4, -0.2) is 22.3 Å². The maximum atomic E-state index is 12.1. The van der Waals surface area contributed by atoms with E-state index in [-0.39, 0.29) is 17.8 Å². The fraction of sp³-hybridized carbons (Fsp3) is 0.409. The predicted molar refractivity (Wildman–Crippen MR) is 100 cm³/mol. The van der Waals surface area contributed by atoms with Gasteiger partial charge in [0.15, 0.2) is 0 Å². The van der Waals surface area contributed by atoms with E-state index in [0.29, 0.717) is 24.5 Å². The monoisotopic (exact) mass is 354 g/mol. The van der Waals surface area contributed by atoms with Crippen LogP contribution in [0.1, 0.15) is 54.7 Å². The fourth-order valence-corrected chi connectivity index (χ4v) is 3.62. The van der Waals surface area contributed by atoms with E-state index in [0.717, 1.165) is 36.8 Å². The van der Waals surface area contributed by atoms with Gasteiger partial charge >= 0.3 is 5.97 Å². The van der Waals surface area contributed by atoms with Crippen LogP contribution in [-0.2, 0) is 16.0 Å². The summed E-state index contributed by atoms with van der Waals surface area (Å²) in [5, 5.41) is 18.9. The zero-order valence-corrected chi connectivity index (χ0v) is 15.1. The number of benzene rings is 2. The second-order valence-corrected chi connectivity index (χ2v) is 7.18. The van der Waals surface area contributed by atoms with E-state index in [1.807, 2.05) is 31.2 Å². The normalized spacial score (nSPS) is 19.9. The molecule has 1 aliphatic carbocycles. The molecule has 0 amide bonds. The second kappa shape index (κ2) is 8.26. The van der Waals surface area contributed by atoms with Crippen LogP contribution >= 0.6 is 0 Å². The summed E-state index contributed by atoms with van der Waals surface area (Å²) in [7, 11) is 0. The molecule has 2 aromatic carbocycles. The van der Waals surface area contributed by atoms with Gasteiger partial charge in [-0.05, 0) is 79.8 Å². The molecule has 0 bridgehead atoms. The molecule has 0 spiro atoms. The molecule has 0 aliphatic heterocycles. The van der Waals surface area contributed by atoms with Gasteiger partial charge in [0.1, 0.15) is 17.6 Å². The molecule has 138 valence electrons. The quantitative estimate of drug-likeness (QED) is 0.770. The molecule has 1 aliphatic rings. The largest absolute Gasteiger partial charge is 0.508 e. The van der Waals surface area contributed by atoms with Gasteiger partial charge in [0, 0.05) is 6.42 Å². The maximum absolute atomic E-state index is 12.1. The number of hydrogen-bond acceptors (Lipinski definition) is 4. The highest BCUT2D eigenvalue weighted by Crippen LogP contribution is 2.34. The summed E-state index contributed by atoms with van der Waals surface area (Å²) < 4.78 is 5.64. The van der Waals surface area contributed by atoms with Crippen molar-refractivity contribution < 1.29 is 19.7 Å². The Kier molecular flexibility index (Phi) is 5.82. The van der Waals surface area contributed by atoms with Crippen molar-refractivity contribution in [1.82, 2.24) is 0 Å². The molecule has 2 N–H and O–H groups in total. The number of ether oxygens (including phenoxy) is 1. The topological polar surface area (TPSA) is 66.8 Å². The first-order chi connectivity index (χ1) is 12.5. The van der Waals surface area contributed by atoms with E-state index in [4.69, 9.17) is 4.74 Å². The van der Waals surface area contributed by atoms with Gasteiger partial charge in [-0.2, -0.15) is 0 Å². The molecular formula is C22H26O4. The minimum Gasteiger partial charge on any atom is -0.508 e. The molecule has 0 atom stereocenters. The minimum absolute atomic E-state index is 0.0115. The number of rotatable bonds is 5. The Bertz CT molecular complexity index is 743. The highest BCUT2D eigenvalue weighted by atomic mass is 16.5. The lowest BCUT2D eigenvalue weighted by Gasteiger charge is -2.28. The van der Waals surface area contributed by atoms with E-state index in [1.165, 1.54) is 5.56 Å². The molecule has 4 heteroatoms. The maximum Gasteiger partial charge on any atom is 0.306 e. The minimum atomic E-state index is -0.149. The lowest BCUT2D eigenvalue weighted by molar-refractivity contribution is -0.150. The fourth-order valence-electron chi connectivity index (χ4n) is 3.62. The smallest absolute Gasteiger partial charge is 0.306 e. The first kappa shape index (κ1) is 18.3. The number of carbonyl (C=O) groups is 1. The Balaban J connectivity index is 1.43. The lowest BCUT2D eigenvalue weighted by atomic mass is 9.83. The van der Waals surface area contributed by atoms with Crippen LogP contribution in [0, 0.1) is 6.92 Å². The number of carbonyl (C=O) groups excluding carboxylic acids is 1. The number of esters is 1. The number of aromatic hydroxyl groups is 2. The van der Waals surface area contributed by atoms with Crippen molar-refractivity contribution in [1.29, 1.82) is 0 Å². The molecule has 0 radical (unpaired) electrons. The Morgan fingerprint density at radius 2 is 1.73 bits per heavy atom. The molecule has 4 nitrogen and oxygen atoms in total. The van der Waals surface area contributed by atoms with Gasteiger partial charge in [0.25, 0.3) is 0 Å². The van der Waals surface area contributed by atoms with Gasteiger partial charge in [-0.3, -0.25) is 4.79 Å². The number of phenolic OH excluding ortho intramolecular Hbond substituents is 2. The van der Waals surface area contributed by atoms with Crippen molar-refractivity contribution in [3.63, 3.8) is 0 Å². The van der Waals surface area contributed by atoms with Crippen LogP contribution in [0.3, 0.4) is 0 Å². The third-order valence-corrected chi connectivity index (χ3v) is 5.22. The predicted octanol–water partition coefficient (Wildman–Crippen LogP) is 4.61. The summed E-state index contributed by atoms with van der Waals surface area (Å²) in [6, 6.07) is 12.8. The molecule has 0 aromatic heterocycles. The summed E-state index contributed by atoms with van der Waals surface area (Å²) >= 11 is 0. The van der Waals surface area contributed by atoms with Gasteiger partial charge in [-0.25, -0.2) is 0 Å². The van der Waals surface area contributed by atoms with Gasteiger partial charge in [-0.15, -0.1) is 0 Å². The van der Waals surface area contributed by atoms with Gasteiger partial charge in [0.2, 0.25) is 0 Å². The van der Waals surface area contributed by atoms with E-state index >= 15 is 0 Å². The first-order valence-electron chi connectivity index (χ1n) is 9.28. The van der Waals surface area contributed by atoms with Crippen molar-refractivity contribution in [3.05, 3.63) is 59.2 Å². The van der Waals surface area contributed by atoms with Crippen LogP contribution in [0.2, 0.25) is 0 Å². The number of phenols is 2. The van der Waals surface area contributed by atoms with Crippen LogP contribution < -0.4 is 0 Å². The second-order valence-electron chi connectivity index (χ2n) is 7.18. The summed E-state index contributed by atoms with van der Waals surface area (Å²) in [5.74, 6) is 0.899. The summed E-state index contributed by atoms with van der Waals surface area (Å²) in [6.07, 6.45) is 4.77. The Morgan fingerprint density at radius 1 is 1.04 bits per heavy atom. The van der Waals surface area contributed by atoms with Crippen LogP contribution in [0.25, 0.3) is 0 Å². The SMILES string of the molecule is Cc1cc(CCC(=O)OC2CCC(c3ccc(O)cc3)CC2)ccc1O. The highest BCUT2D eigenvalue weighted by Gasteiger charge is 2.24. The average Bonchev–Trinajstić information content (AvgIpc) is 2.64. The summed E-state index contributed by atoms with van der Waals surface area (Å²) in [4.78, 5) is 12.1. The molecule has 1 saturated carbocycles. The molecule has 2 aromatic rings. The Morgan fingerprint density at radius 3 is 2.38 bits per heavy atom. The molecule has 0 heterocycles. The van der Waals surface area contributed by atoms with Gasteiger partial charge < -0.3 is 14.9 Å². The van der Waals surface area contributed by atoms with E-state index in [2.05, 4.69) is 0 Å². The van der Waals surface area contributed by atoms with Crippen molar-refractivity contribution >= 4 is 5.97 Å². The summed E-state index contributed by atoms with van der Waals surface area (Å²) in [5.41, 5.74) is 3.10. The highest BCUT2D eigenvalue weighted by molar-refractivity contribution is 5.70. The van der Waals surface area contributed by atoms with Crippen molar-refractivity contribution in [2.24, 2.45) is 0 Å². The zero-order valence-electron chi connectivity index (χ0n) is 15.1. The van der Waals surface area contributed by atoms with Crippen molar-refractivity contribution in [3.8, 4) is 11.5 Å². The first-order valence-corrected chi connectivity index (χ1v) is 9.28. The Hall–Kier alpha value is -2.49. The van der Waals surface area contributed by atoms with Crippen LogP contribution in [0.5, 0.6) is 11.5 Å². The summed E-state index contributed by atoms with van der Waals surface area (Å²) in [6.45, 7) is 1.85. The standard InChI is InChI=1S/C22H26O4/c1-15-14-16(2-12-21(15)24)3-13-22(25)26-20-10-6-18(7-11-20)17-4-8-19(23)9-5-17/h2,4-5,8-9,12,14,18,20,23-24H,3,6-7,10-11,13H2,1H3. The van der Waals surface area contributed by atoms with Crippen LogP contribution in [0.4, 0.5) is 0 Å². The molecular weight excluding hydrogens is 328 g/mol. The third-order valence-electron chi connectivity index (χ3n) is 5.22. The molecule has 0 saturated heterocycles. The molecule has 26 heavy (non-hydrogen) atoms. The van der Waals surface area contributed by atoms with E-state index in [9.17, 15) is 15.0 Å². The van der Waals surface area contributed by atoms with Gasteiger partial charge in [0.05, 0.1) is 0 Å². The number of aryl methyl sites for hydroxylation is 2. The molecule has 3 rings (SSSR count). The average molecular weight is 354 g/mol. The van der Waals surface area contributed by atoms with E-state index < -0.39 is 0 Å². The van der Waals surface area contributed by atoms with Gasteiger partial charge in [-0.1, -0.05) is 24.3 Å². The Labute approximate surface area is 154 Å². The molecule has 0 unspecified atom stereocenters. The lowest BCUT2D eigenvalue weighted by Crippen LogP contribution is -2.24. The number of hydrogen-bond donors (Lipinski definition) is 2. The van der Waals surface area contributed by atoms with Crippen LogP contribution in [0.15, 0.2) is 42.5 Å². The van der Waals surface area contributed by atoms with Crippen molar-refractivity contribution in [2.75, 3.05) is 0 Å². The molecule has 1 fully saturated rings. The zero-order chi connectivity index (χ0) is 18.5. The van der Waals surface area contributed by atoms with Crippen molar-refractivity contribution in [2.45, 2.75) is 57.5 Å². The third kappa shape index (κ3) is 4.78.